The van der Waals surface area contributed by atoms with Crippen molar-refractivity contribution in [3.63, 3.8) is 0 Å². The third kappa shape index (κ3) is 2.35. The fraction of sp³-hybridized carbons (Fsp3) is 0.167. The molecule has 0 radical (unpaired) electrons. The Labute approximate surface area is 103 Å². The molecule has 0 N–H and O–H groups in total. The van der Waals surface area contributed by atoms with E-state index in [4.69, 9.17) is 14.5 Å². The Balaban J connectivity index is 2.24. The van der Waals surface area contributed by atoms with Crippen LogP contribution in [0, 0.1) is 11.3 Å². The standard InChI is InChI=1S/C12H9N3O3/c1-2-17-12(16)10-14-11(18-15-10)9-5-3-8(7-13)4-6-9/h3-6H,2H2,1H3. The molecule has 0 fully saturated rings. The molecule has 0 unspecified atom stereocenters. The highest BCUT2D eigenvalue weighted by Gasteiger charge is 2.16. The molecular weight excluding hydrogens is 234 g/mol. The Bertz CT molecular complexity index is 596. The Kier molecular flexibility index (Phi) is 3.34. The first-order valence-corrected chi connectivity index (χ1v) is 5.26. The van der Waals surface area contributed by atoms with Crippen LogP contribution in [0.2, 0.25) is 0 Å². The minimum Gasteiger partial charge on any atom is -0.460 e. The summed E-state index contributed by atoms with van der Waals surface area (Å²) in [5.41, 5.74) is 1.17. The van der Waals surface area contributed by atoms with Gasteiger partial charge in [-0.05, 0) is 36.3 Å². The molecular formula is C12H9N3O3. The van der Waals surface area contributed by atoms with Crippen molar-refractivity contribution in [2.75, 3.05) is 6.61 Å². The second-order valence-corrected chi connectivity index (χ2v) is 3.33. The minimum absolute atomic E-state index is 0.115. The summed E-state index contributed by atoms with van der Waals surface area (Å²) >= 11 is 0. The largest absolute Gasteiger partial charge is 0.460 e. The van der Waals surface area contributed by atoms with Gasteiger partial charge in [0.2, 0.25) is 0 Å². The molecule has 6 heteroatoms. The molecule has 0 saturated heterocycles. The lowest BCUT2D eigenvalue weighted by atomic mass is 10.1. The highest BCUT2D eigenvalue weighted by atomic mass is 16.5. The first-order chi connectivity index (χ1) is 8.74. The minimum atomic E-state index is -0.624. The van der Waals surface area contributed by atoms with Gasteiger partial charge in [-0.2, -0.15) is 10.2 Å². The van der Waals surface area contributed by atoms with E-state index in [-0.39, 0.29) is 18.3 Å². The van der Waals surface area contributed by atoms with Crippen LogP contribution in [-0.4, -0.2) is 22.7 Å². The number of carbonyl (C=O) groups excluding carboxylic acids is 1. The molecule has 0 saturated carbocycles. The lowest BCUT2D eigenvalue weighted by Crippen LogP contribution is -2.06. The molecule has 0 spiro atoms. The first-order valence-electron chi connectivity index (χ1n) is 5.26. The van der Waals surface area contributed by atoms with Crippen LogP contribution in [0.4, 0.5) is 0 Å². The van der Waals surface area contributed by atoms with E-state index in [9.17, 15) is 4.79 Å². The summed E-state index contributed by atoms with van der Waals surface area (Å²) in [6.45, 7) is 1.94. The van der Waals surface area contributed by atoms with Gasteiger partial charge in [-0.15, -0.1) is 0 Å². The van der Waals surface area contributed by atoms with Crippen molar-refractivity contribution in [3.05, 3.63) is 35.7 Å². The van der Waals surface area contributed by atoms with Crippen molar-refractivity contribution >= 4 is 5.97 Å². The van der Waals surface area contributed by atoms with Gasteiger partial charge in [-0.3, -0.25) is 0 Å². The third-order valence-electron chi connectivity index (χ3n) is 2.14. The van der Waals surface area contributed by atoms with Crippen LogP contribution in [0.3, 0.4) is 0 Å². The molecule has 0 bridgehead atoms. The van der Waals surface area contributed by atoms with E-state index in [0.717, 1.165) is 0 Å². The normalized spacial score (nSPS) is 9.78. The Morgan fingerprint density at radius 2 is 2.17 bits per heavy atom. The number of carbonyl (C=O) groups is 1. The zero-order valence-electron chi connectivity index (χ0n) is 9.58. The number of esters is 1. The molecule has 0 aliphatic carbocycles. The number of rotatable bonds is 3. The summed E-state index contributed by atoms with van der Waals surface area (Å²) in [6.07, 6.45) is 0. The van der Waals surface area contributed by atoms with Gasteiger partial charge >= 0.3 is 5.97 Å². The molecule has 2 rings (SSSR count). The summed E-state index contributed by atoms with van der Waals surface area (Å²) in [5.74, 6) is -0.528. The number of ether oxygens (including phenoxy) is 1. The van der Waals surface area contributed by atoms with Crippen molar-refractivity contribution in [2.45, 2.75) is 6.92 Å². The van der Waals surface area contributed by atoms with E-state index in [1.165, 1.54) is 0 Å². The van der Waals surface area contributed by atoms with E-state index >= 15 is 0 Å². The molecule has 18 heavy (non-hydrogen) atoms. The van der Waals surface area contributed by atoms with E-state index in [1.807, 2.05) is 6.07 Å². The van der Waals surface area contributed by atoms with Crippen LogP contribution in [0.25, 0.3) is 11.5 Å². The van der Waals surface area contributed by atoms with Gasteiger partial charge in [0.1, 0.15) is 0 Å². The molecule has 6 nitrogen and oxygen atoms in total. The van der Waals surface area contributed by atoms with Gasteiger partial charge in [0.25, 0.3) is 11.7 Å². The second kappa shape index (κ2) is 5.10. The lowest BCUT2D eigenvalue weighted by molar-refractivity contribution is 0.0508. The zero-order valence-corrected chi connectivity index (χ0v) is 9.58. The number of nitriles is 1. The van der Waals surface area contributed by atoms with Gasteiger partial charge in [-0.25, -0.2) is 4.79 Å². The third-order valence-corrected chi connectivity index (χ3v) is 2.14. The predicted molar refractivity (Wildman–Crippen MR) is 60.4 cm³/mol. The first kappa shape index (κ1) is 11.8. The van der Waals surface area contributed by atoms with Crippen molar-refractivity contribution < 1.29 is 14.1 Å². The summed E-state index contributed by atoms with van der Waals surface area (Å²) < 4.78 is 9.69. The van der Waals surface area contributed by atoms with Crippen LogP contribution in [0.15, 0.2) is 28.8 Å². The van der Waals surface area contributed by atoms with Crippen molar-refractivity contribution in [2.24, 2.45) is 0 Å². The highest BCUT2D eigenvalue weighted by Crippen LogP contribution is 2.17. The monoisotopic (exact) mass is 243 g/mol. The van der Waals surface area contributed by atoms with Gasteiger partial charge in [-0.1, -0.05) is 0 Å². The van der Waals surface area contributed by atoms with Crippen molar-refractivity contribution in [1.29, 1.82) is 5.26 Å². The Morgan fingerprint density at radius 1 is 1.44 bits per heavy atom. The fourth-order valence-electron chi connectivity index (χ4n) is 1.31. The van der Waals surface area contributed by atoms with Crippen LogP contribution >= 0.6 is 0 Å². The van der Waals surface area contributed by atoms with Gasteiger partial charge in [0.05, 0.1) is 18.2 Å². The summed E-state index contributed by atoms with van der Waals surface area (Å²) in [4.78, 5) is 15.3. The average Bonchev–Trinajstić information content (AvgIpc) is 2.89. The maximum atomic E-state index is 11.3. The molecule has 0 aliphatic rings. The molecule has 1 heterocycles. The molecule has 1 aromatic heterocycles. The van der Waals surface area contributed by atoms with Crippen LogP contribution in [0.1, 0.15) is 23.1 Å². The number of hydrogen-bond acceptors (Lipinski definition) is 6. The van der Waals surface area contributed by atoms with Crippen LogP contribution in [0.5, 0.6) is 0 Å². The van der Waals surface area contributed by atoms with Crippen LogP contribution in [-0.2, 0) is 4.74 Å². The maximum absolute atomic E-state index is 11.3. The van der Waals surface area contributed by atoms with E-state index in [2.05, 4.69) is 10.1 Å². The van der Waals surface area contributed by atoms with Gasteiger partial charge < -0.3 is 9.26 Å². The lowest BCUT2D eigenvalue weighted by Gasteiger charge is -1.94. The smallest absolute Gasteiger partial charge is 0.379 e. The fourth-order valence-corrected chi connectivity index (χ4v) is 1.31. The Hall–Kier alpha value is -2.68. The average molecular weight is 243 g/mol. The topological polar surface area (TPSA) is 89.0 Å². The predicted octanol–water partition coefficient (Wildman–Crippen LogP) is 1.78. The Morgan fingerprint density at radius 3 is 2.78 bits per heavy atom. The molecule has 0 atom stereocenters. The summed E-state index contributed by atoms with van der Waals surface area (Å²) in [7, 11) is 0. The van der Waals surface area contributed by atoms with Crippen molar-refractivity contribution in [1.82, 2.24) is 10.1 Å². The molecule has 0 aliphatic heterocycles. The molecule has 0 amide bonds. The molecule has 90 valence electrons. The SMILES string of the molecule is CCOC(=O)c1noc(-c2ccc(C#N)cc2)n1. The molecule has 2 aromatic rings. The molecule has 1 aromatic carbocycles. The second-order valence-electron chi connectivity index (χ2n) is 3.33. The highest BCUT2D eigenvalue weighted by molar-refractivity contribution is 5.85. The van der Waals surface area contributed by atoms with Gasteiger partial charge in [0.15, 0.2) is 0 Å². The number of aromatic nitrogens is 2. The number of benzene rings is 1. The van der Waals surface area contributed by atoms with E-state index < -0.39 is 5.97 Å². The number of hydrogen-bond donors (Lipinski definition) is 0. The quantitative estimate of drug-likeness (QED) is 0.763. The maximum Gasteiger partial charge on any atom is 0.379 e. The van der Waals surface area contributed by atoms with Crippen LogP contribution < -0.4 is 0 Å². The van der Waals surface area contributed by atoms with E-state index in [0.29, 0.717) is 11.1 Å². The van der Waals surface area contributed by atoms with Gasteiger partial charge in [0, 0.05) is 5.56 Å². The number of nitrogens with zero attached hydrogens (tertiary/aromatic N) is 3. The van der Waals surface area contributed by atoms with Crippen molar-refractivity contribution in [3.8, 4) is 17.5 Å². The summed E-state index contributed by atoms with van der Waals surface area (Å²) in [6, 6.07) is 8.60. The summed E-state index contributed by atoms with van der Waals surface area (Å²) in [5, 5.41) is 12.2. The van der Waals surface area contributed by atoms with E-state index in [1.54, 1.807) is 31.2 Å². The zero-order chi connectivity index (χ0) is 13.0.